The predicted octanol–water partition coefficient (Wildman–Crippen LogP) is 3.46. The number of nitrogens with zero attached hydrogens (tertiary/aromatic N) is 1. The smallest absolute Gasteiger partial charge is 0.241 e. The Bertz CT molecular complexity index is 854. The highest BCUT2D eigenvalue weighted by molar-refractivity contribution is 7.89. The van der Waals surface area contributed by atoms with Crippen LogP contribution in [0.1, 0.15) is 22.7 Å². The second-order valence-electron chi connectivity index (χ2n) is 5.56. The van der Waals surface area contributed by atoms with Gasteiger partial charge in [-0.3, -0.25) is 4.98 Å². The van der Waals surface area contributed by atoms with Crippen LogP contribution in [0.25, 0.3) is 0 Å². The minimum absolute atomic E-state index is 0.253. The van der Waals surface area contributed by atoms with Gasteiger partial charge in [0.25, 0.3) is 0 Å². The molecule has 0 bridgehead atoms. The molecule has 0 unspecified atom stereocenters. The lowest BCUT2D eigenvalue weighted by Crippen LogP contribution is -2.29. The molecule has 4 nitrogen and oxygen atoms in total. The third-order valence-electron chi connectivity index (χ3n) is 3.78. The molecule has 0 amide bonds. The summed E-state index contributed by atoms with van der Waals surface area (Å²) in [7, 11) is -3.64. The Balaban J connectivity index is 1.99. The summed E-state index contributed by atoms with van der Waals surface area (Å²) in [5, 5.41) is 0. The van der Waals surface area contributed by atoms with Crippen LogP contribution in [0.2, 0.25) is 0 Å². The van der Waals surface area contributed by atoms with Crippen molar-refractivity contribution in [2.45, 2.75) is 17.9 Å². The van der Waals surface area contributed by atoms with Crippen LogP contribution in [0.4, 0.5) is 0 Å². The first-order valence-electron chi connectivity index (χ1n) is 7.60. The topological polar surface area (TPSA) is 59.1 Å². The number of hydrogen-bond donors (Lipinski definition) is 1. The summed E-state index contributed by atoms with van der Waals surface area (Å²) >= 11 is 0. The van der Waals surface area contributed by atoms with Crippen molar-refractivity contribution in [2.75, 3.05) is 0 Å². The van der Waals surface area contributed by atoms with Gasteiger partial charge in [-0.2, -0.15) is 4.72 Å². The van der Waals surface area contributed by atoms with E-state index in [2.05, 4.69) is 9.71 Å². The van der Waals surface area contributed by atoms with Gasteiger partial charge in [-0.25, -0.2) is 8.42 Å². The molecule has 0 saturated carbocycles. The molecule has 0 aliphatic heterocycles. The van der Waals surface area contributed by atoms with Crippen LogP contribution in [0, 0.1) is 6.92 Å². The van der Waals surface area contributed by atoms with Crippen LogP contribution in [0.3, 0.4) is 0 Å². The summed E-state index contributed by atoms with van der Waals surface area (Å²) in [6.45, 7) is 1.92. The average Bonchev–Trinajstić information content (AvgIpc) is 2.62. The van der Waals surface area contributed by atoms with Gasteiger partial charge in [-0.15, -0.1) is 0 Å². The van der Waals surface area contributed by atoms with Crippen molar-refractivity contribution >= 4 is 10.0 Å². The number of hydrogen-bond acceptors (Lipinski definition) is 3. The summed E-state index contributed by atoms with van der Waals surface area (Å²) in [5.74, 6) is 0. The minimum atomic E-state index is -3.64. The lowest BCUT2D eigenvalue weighted by atomic mass is 10.0. The van der Waals surface area contributed by atoms with E-state index >= 15 is 0 Å². The maximum absolute atomic E-state index is 12.8. The number of benzene rings is 2. The molecule has 122 valence electrons. The van der Waals surface area contributed by atoms with Crippen LogP contribution in [0.5, 0.6) is 0 Å². The van der Waals surface area contributed by atoms with Crippen molar-refractivity contribution < 1.29 is 8.42 Å². The van der Waals surface area contributed by atoms with E-state index in [1.165, 1.54) is 0 Å². The minimum Gasteiger partial charge on any atom is -0.265 e. The first-order valence-corrected chi connectivity index (χ1v) is 9.08. The molecule has 24 heavy (non-hydrogen) atoms. The van der Waals surface area contributed by atoms with E-state index in [-0.39, 0.29) is 4.90 Å². The van der Waals surface area contributed by atoms with E-state index in [1.54, 1.807) is 36.7 Å². The van der Waals surface area contributed by atoms with Crippen molar-refractivity contribution in [3.8, 4) is 0 Å². The highest BCUT2D eigenvalue weighted by Crippen LogP contribution is 2.24. The normalized spacial score (nSPS) is 12.7. The lowest BCUT2D eigenvalue weighted by molar-refractivity contribution is 0.572. The highest BCUT2D eigenvalue weighted by Gasteiger charge is 2.22. The van der Waals surface area contributed by atoms with Crippen LogP contribution < -0.4 is 4.72 Å². The highest BCUT2D eigenvalue weighted by atomic mass is 32.2. The predicted molar refractivity (Wildman–Crippen MR) is 94.0 cm³/mol. The van der Waals surface area contributed by atoms with Crippen LogP contribution in [-0.4, -0.2) is 13.4 Å². The molecule has 0 aliphatic carbocycles. The van der Waals surface area contributed by atoms with Gasteiger partial charge in [0, 0.05) is 12.4 Å². The number of pyridine rings is 1. The Labute approximate surface area is 142 Å². The van der Waals surface area contributed by atoms with Crippen molar-refractivity contribution in [1.82, 2.24) is 9.71 Å². The lowest BCUT2D eigenvalue weighted by Gasteiger charge is -2.19. The summed E-state index contributed by atoms with van der Waals surface area (Å²) < 4.78 is 28.4. The number of aryl methyl sites for hydroxylation is 1. The second kappa shape index (κ2) is 6.95. The standard InChI is InChI=1S/C19H18N2O2S/c1-15-7-9-18(10-8-15)24(22,23)21-19(16-5-3-2-4-6-16)17-11-13-20-14-12-17/h2-14,19,21H,1H3/t19-/m0/s1. The van der Waals surface area contributed by atoms with E-state index in [1.807, 2.05) is 49.4 Å². The molecule has 3 rings (SSSR count). The molecule has 0 fully saturated rings. The van der Waals surface area contributed by atoms with Crippen molar-refractivity contribution in [3.63, 3.8) is 0 Å². The van der Waals surface area contributed by atoms with E-state index in [0.29, 0.717) is 0 Å². The van der Waals surface area contributed by atoms with E-state index in [4.69, 9.17) is 0 Å². The molecule has 0 radical (unpaired) electrons. The SMILES string of the molecule is Cc1ccc(S(=O)(=O)N[C@@H](c2ccccc2)c2ccncc2)cc1. The number of sulfonamides is 1. The summed E-state index contributed by atoms with van der Waals surface area (Å²) in [6.07, 6.45) is 3.32. The average molecular weight is 338 g/mol. The molecular weight excluding hydrogens is 320 g/mol. The number of aromatic nitrogens is 1. The molecule has 0 saturated heterocycles. The third kappa shape index (κ3) is 3.69. The molecule has 0 spiro atoms. The van der Waals surface area contributed by atoms with Gasteiger partial charge >= 0.3 is 0 Å². The zero-order chi connectivity index (χ0) is 17.0. The van der Waals surface area contributed by atoms with Crippen molar-refractivity contribution in [3.05, 3.63) is 95.8 Å². The number of nitrogens with one attached hydrogen (secondary N) is 1. The fraction of sp³-hybridized carbons (Fsp3) is 0.105. The molecular formula is C19H18N2O2S. The van der Waals surface area contributed by atoms with Gasteiger partial charge < -0.3 is 0 Å². The van der Waals surface area contributed by atoms with Gasteiger partial charge in [0.2, 0.25) is 10.0 Å². The summed E-state index contributed by atoms with van der Waals surface area (Å²) in [6, 6.07) is 19.5. The van der Waals surface area contributed by atoms with Crippen LogP contribution >= 0.6 is 0 Å². The van der Waals surface area contributed by atoms with Gasteiger partial charge in [0.05, 0.1) is 10.9 Å². The second-order valence-corrected chi connectivity index (χ2v) is 7.27. The molecule has 3 aromatic rings. The quantitative estimate of drug-likeness (QED) is 0.775. The van der Waals surface area contributed by atoms with E-state index in [9.17, 15) is 8.42 Å². The molecule has 2 aromatic carbocycles. The zero-order valence-electron chi connectivity index (χ0n) is 13.3. The fourth-order valence-corrected chi connectivity index (χ4v) is 3.68. The van der Waals surface area contributed by atoms with Crippen molar-refractivity contribution in [2.24, 2.45) is 0 Å². The first-order chi connectivity index (χ1) is 11.6. The van der Waals surface area contributed by atoms with Gasteiger partial charge in [0.15, 0.2) is 0 Å². The first kappa shape index (κ1) is 16.4. The largest absolute Gasteiger partial charge is 0.265 e. The fourth-order valence-electron chi connectivity index (χ4n) is 2.47. The summed E-state index contributed by atoms with van der Waals surface area (Å²) in [4.78, 5) is 4.26. The van der Waals surface area contributed by atoms with E-state index < -0.39 is 16.1 Å². The van der Waals surface area contributed by atoms with Crippen molar-refractivity contribution in [1.29, 1.82) is 0 Å². The Hall–Kier alpha value is -2.50. The van der Waals surface area contributed by atoms with E-state index in [0.717, 1.165) is 16.7 Å². The van der Waals surface area contributed by atoms with Gasteiger partial charge in [-0.1, -0.05) is 48.0 Å². The van der Waals surface area contributed by atoms with Gasteiger partial charge in [0.1, 0.15) is 0 Å². The monoisotopic (exact) mass is 338 g/mol. The van der Waals surface area contributed by atoms with Crippen LogP contribution in [-0.2, 0) is 10.0 Å². The molecule has 1 heterocycles. The Morgan fingerprint density at radius 3 is 2.04 bits per heavy atom. The molecule has 5 heteroatoms. The Kier molecular flexibility index (Phi) is 4.74. The third-order valence-corrected chi connectivity index (χ3v) is 5.22. The summed E-state index contributed by atoms with van der Waals surface area (Å²) in [5.41, 5.74) is 2.73. The van der Waals surface area contributed by atoms with Gasteiger partial charge in [-0.05, 0) is 42.3 Å². The molecule has 1 N–H and O–H groups in total. The Morgan fingerprint density at radius 2 is 1.42 bits per heavy atom. The van der Waals surface area contributed by atoms with Crippen LogP contribution in [0.15, 0.2) is 84.0 Å². The molecule has 0 aliphatic rings. The number of rotatable bonds is 5. The maximum atomic E-state index is 12.8. The molecule has 1 aromatic heterocycles. The maximum Gasteiger partial charge on any atom is 0.241 e. The Morgan fingerprint density at radius 1 is 0.833 bits per heavy atom. The zero-order valence-corrected chi connectivity index (χ0v) is 14.1. The molecule has 1 atom stereocenters.